The third-order valence-electron chi connectivity index (χ3n) is 3.72. The minimum absolute atomic E-state index is 0.189. The lowest BCUT2D eigenvalue weighted by Gasteiger charge is -2.26. The molecule has 1 aliphatic rings. The van der Waals surface area contributed by atoms with Crippen LogP contribution in [0.25, 0.3) is 0 Å². The third-order valence-corrected chi connectivity index (χ3v) is 5.54. The number of rotatable bonds is 8. The first-order valence-electron chi connectivity index (χ1n) is 7.50. The van der Waals surface area contributed by atoms with Crippen LogP contribution >= 0.6 is 0 Å². The Labute approximate surface area is 113 Å². The van der Waals surface area contributed by atoms with Crippen molar-refractivity contribution in [3.8, 4) is 0 Å². The average Bonchev–Trinajstić information content (AvgIpc) is 2.27. The molecule has 1 saturated heterocycles. The van der Waals surface area contributed by atoms with Gasteiger partial charge in [0.2, 0.25) is 0 Å². The van der Waals surface area contributed by atoms with E-state index in [1.54, 1.807) is 0 Å². The van der Waals surface area contributed by atoms with Gasteiger partial charge in [-0.3, -0.25) is 0 Å². The van der Waals surface area contributed by atoms with Gasteiger partial charge in [0.05, 0.1) is 11.5 Å². The lowest BCUT2D eigenvalue weighted by atomic mass is 10.1. The fraction of sp³-hybridized carbons (Fsp3) is 1.00. The number of hydrogen-bond acceptors (Lipinski definition) is 3. The molecule has 4 heteroatoms. The van der Waals surface area contributed by atoms with Gasteiger partial charge in [0, 0.05) is 12.1 Å². The Kier molecular flexibility index (Phi) is 7.23. The summed E-state index contributed by atoms with van der Waals surface area (Å²) in [6, 6.07) is 0.638. The van der Waals surface area contributed by atoms with Gasteiger partial charge < -0.3 is 5.32 Å². The summed E-state index contributed by atoms with van der Waals surface area (Å²) in [7, 11) is -2.77. The van der Waals surface area contributed by atoms with Crippen LogP contribution in [0, 0.1) is 0 Å². The molecule has 108 valence electrons. The monoisotopic (exact) mass is 275 g/mol. The highest BCUT2D eigenvalue weighted by atomic mass is 32.2. The van der Waals surface area contributed by atoms with Gasteiger partial charge in [-0.1, -0.05) is 39.0 Å². The van der Waals surface area contributed by atoms with E-state index in [0.717, 1.165) is 12.8 Å². The molecule has 1 fully saturated rings. The average molecular weight is 275 g/mol. The van der Waals surface area contributed by atoms with E-state index in [9.17, 15) is 8.42 Å². The largest absolute Gasteiger partial charge is 0.310 e. The van der Waals surface area contributed by atoms with Crippen LogP contribution in [0.1, 0.15) is 65.2 Å². The van der Waals surface area contributed by atoms with Gasteiger partial charge in [-0.05, 0) is 26.2 Å². The molecule has 0 aromatic rings. The molecule has 0 radical (unpaired) electrons. The van der Waals surface area contributed by atoms with Crippen molar-refractivity contribution < 1.29 is 8.42 Å². The lowest BCUT2D eigenvalue weighted by Crippen LogP contribution is -2.44. The molecule has 0 aromatic heterocycles. The first-order chi connectivity index (χ1) is 8.53. The molecule has 3 nitrogen and oxygen atoms in total. The number of unbranched alkanes of at least 4 members (excludes halogenated alkanes) is 4. The maximum absolute atomic E-state index is 11.5. The van der Waals surface area contributed by atoms with E-state index in [-0.39, 0.29) is 6.04 Å². The molecule has 0 amide bonds. The normalized spacial score (nSPS) is 24.9. The van der Waals surface area contributed by atoms with Gasteiger partial charge >= 0.3 is 0 Å². The van der Waals surface area contributed by atoms with Gasteiger partial charge in [0.1, 0.15) is 0 Å². The van der Waals surface area contributed by atoms with Crippen molar-refractivity contribution in [2.75, 3.05) is 11.5 Å². The molecule has 1 N–H and O–H groups in total. The molecule has 2 atom stereocenters. The zero-order valence-corrected chi connectivity index (χ0v) is 12.8. The van der Waals surface area contributed by atoms with Crippen molar-refractivity contribution >= 4 is 9.84 Å². The van der Waals surface area contributed by atoms with Crippen LogP contribution in [0.3, 0.4) is 0 Å². The molecule has 0 bridgehead atoms. The van der Waals surface area contributed by atoms with E-state index < -0.39 is 9.84 Å². The van der Waals surface area contributed by atoms with Crippen molar-refractivity contribution in [2.24, 2.45) is 0 Å². The highest BCUT2D eigenvalue weighted by Crippen LogP contribution is 2.14. The fourth-order valence-corrected chi connectivity index (χ4v) is 4.34. The summed E-state index contributed by atoms with van der Waals surface area (Å²) in [6.07, 6.45) is 9.52. The molecular formula is C14H29NO2S. The van der Waals surface area contributed by atoms with Gasteiger partial charge in [-0.25, -0.2) is 8.42 Å². The summed E-state index contributed by atoms with van der Waals surface area (Å²) < 4.78 is 23.1. The topological polar surface area (TPSA) is 46.2 Å². The second kappa shape index (κ2) is 8.16. The standard InChI is InChI=1S/C14H29NO2S/c1-3-4-5-6-7-9-13(2)15-14-10-8-11-18(16,17)12-14/h13-15H,3-12H2,1-2H3. The second-order valence-corrected chi connectivity index (χ2v) is 7.95. The Hall–Kier alpha value is -0.0900. The van der Waals surface area contributed by atoms with Crippen LogP contribution in [-0.2, 0) is 9.84 Å². The molecule has 0 saturated carbocycles. The summed E-state index contributed by atoms with van der Waals surface area (Å²) in [5, 5.41) is 3.49. The van der Waals surface area contributed by atoms with Gasteiger partial charge in [-0.15, -0.1) is 0 Å². The Morgan fingerprint density at radius 3 is 2.61 bits per heavy atom. The number of sulfone groups is 1. The quantitative estimate of drug-likeness (QED) is 0.693. The van der Waals surface area contributed by atoms with E-state index >= 15 is 0 Å². The molecule has 0 aliphatic carbocycles. The Morgan fingerprint density at radius 1 is 1.22 bits per heavy atom. The van der Waals surface area contributed by atoms with E-state index in [1.807, 2.05) is 0 Å². The SMILES string of the molecule is CCCCCCCC(C)NC1CCCS(=O)(=O)C1. The van der Waals surface area contributed by atoms with Crippen LogP contribution in [0.4, 0.5) is 0 Å². The van der Waals surface area contributed by atoms with Crippen molar-refractivity contribution in [2.45, 2.75) is 77.3 Å². The zero-order valence-electron chi connectivity index (χ0n) is 12.0. The molecule has 1 rings (SSSR count). The lowest BCUT2D eigenvalue weighted by molar-refractivity contribution is 0.404. The number of nitrogens with one attached hydrogen (secondary N) is 1. The molecule has 1 heterocycles. The summed E-state index contributed by atoms with van der Waals surface area (Å²) >= 11 is 0. The molecule has 0 aromatic carbocycles. The molecule has 0 spiro atoms. The molecule has 1 aliphatic heterocycles. The maximum atomic E-state index is 11.5. The van der Waals surface area contributed by atoms with Crippen LogP contribution in [0.5, 0.6) is 0 Å². The van der Waals surface area contributed by atoms with E-state index in [1.165, 1.54) is 38.5 Å². The van der Waals surface area contributed by atoms with Crippen molar-refractivity contribution in [1.29, 1.82) is 0 Å². The molecule has 18 heavy (non-hydrogen) atoms. The summed E-state index contributed by atoms with van der Waals surface area (Å²) in [5.74, 6) is 0.726. The highest BCUT2D eigenvalue weighted by molar-refractivity contribution is 7.91. The summed E-state index contributed by atoms with van der Waals surface area (Å²) in [5.41, 5.74) is 0. The second-order valence-electron chi connectivity index (χ2n) is 5.72. The Bertz CT molecular complexity index is 314. The van der Waals surface area contributed by atoms with E-state index in [4.69, 9.17) is 0 Å². The van der Waals surface area contributed by atoms with Crippen LogP contribution in [-0.4, -0.2) is 32.0 Å². The minimum Gasteiger partial charge on any atom is -0.310 e. The van der Waals surface area contributed by atoms with Gasteiger partial charge in [0.25, 0.3) is 0 Å². The van der Waals surface area contributed by atoms with Crippen molar-refractivity contribution in [1.82, 2.24) is 5.32 Å². The minimum atomic E-state index is -2.77. The third kappa shape index (κ3) is 6.74. The summed E-state index contributed by atoms with van der Waals surface area (Å²) in [6.45, 7) is 4.41. The van der Waals surface area contributed by atoms with Crippen LogP contribution in [0.2, 0.25) is 0 Å². The Morgan fingerprint density at radius 2 is 1.94 bits per heavy atom. The fourth-order valence-electron chi connectivity index (χ4n) is 2.69. The first-order valence-corrected chi connectivity index (χ1v) is 9.32. The van der Waals surface area contributed by atoms with E-state index in [2.05, 4.69) is 19.2 Å². The maximum Gasteiger partial charge on any atom is 0.151 e. The van der Waals surface area contributed by atoms with Crippen LogP contribution in [0.15, 0.2) is 0 Å². The van der Waals surface area contributed by atoms with Crippen LogP contribution < -0.4 is 5.32 Å². The van der Waals surface area contributed by atoms with Crippen molar-refractivity contribution in [3.05, 3.63) is 0 Å². The predicted octanol–water partition coefficient (Wildman–Crippen LogP) is 2.90. The Balaban J connectivity index is 2.13. The van der Waals surface area contributed by atoms with Crippen molar-refractivity contribution in [3.63, 3.8) is 0 Å². The molecule has 2 unspecified atom stereocenters. The predicted molar refractivity (Wildman–Crippen MR) is 77.6 cm³/mol. The number of hydrogen-bond donors (Lipinski definition) is 1. The smallest absolute Gasteiger partial charge is 0.151 e. The van der Waals surface area contributed by atoms with Gasteiger partial charge in [-0.2, -0.15) is 0 Å². The zero-order chi connectivity index (χ0) is 13.4. The first kappa shape index (κ1) is 16.0. The molecular weight excluding hydrogens is 246 g/mol. The van der Waals surface area contributed by atoms with E-state index in [0.29, 0.717) is 17.5 Å². The highest BCUT2D eigenvalue weighted by Gasteiger charge is 2.25. The van der Waals surface area contributed by atoms with Gasteiger partial charge in [0.15, 0.2) is 9.84 Å². The summed E-state index contributed by atoms with van der Waals surface area (Å²) in [4.78, 5) is 0.